The van der Waals surface area contributed by atoms with Crippen molar-refractivity contribution in [3.8, 4) is 0 Å². The summed E-state index contributed by atoms with van der Waals surface area (Å²) in [7, 11) is 0. The largest absolute Gasteiger partial charge is 0.457 e. The van der Waals surface area contributed by atoms with Crippen LogP contribution in [-0.4, -0.2) is 35.0 Å². The highest BCUT2D eigenvalue weighted by molar-refractivity contribution is 5.69. The van der Waals surface area contributed by atoms with Crippen molar-refractivity contribution < 1.29 is 19.4 Å². The molecule has 3 aliphatic rings. The van der Waals surface area contributed by atoms with Crippen molar-refractivity contribution in [3.63, 3.8) is 0 Å². The lowest BCUT2D eigenvalue weighted by Gasteiger charge is -2.46. The molecule has 0 spiro atoms. The van der Waals surface area contributed by atoms with Gasteiger partial charge in [-0.1, -0.05) is 39.0 Å². The predicted molar refractivity (Wildman–Crippen MR) is 111 cm³/mol. The minimum Gasteiger partial charge on any atom is -0.457 e. The summed E-state index contributed by atoms with van der Waals surface area (Å²) in [5.74, 6) is 0.964. The number of ether oxygens (including phenoxy) is 2. The zero-order valence-corrected chi connectivity index (χ0v) is 18.2. The SMILES string of the molecule is C=C1C(O)CC(C(C)C)C2C1C1CC(C)=CCCC(C)(OC(=O)CCC)C2O1. The van der Waals surface area contributed by atoms with Crippen molar-refractivity contribution >= 4 is 5.97 Å². The van der Waals surface area contributed by atoms with E-state index < -0.39 is 11.7 Å². The summed E-state index contributed by atoms with van der Waals surface area (Å²) in [6, 6.07) is 0. The maximum atomic E-state index is 12.5. The molecule has 2 fully saturated rings. The van der Waals surface area contributed by atoms with Gasteiger partial charge >= 0.3 is 5.97 Å². The molecule has 158 valence electrons. The van der Waals surface area contributed by atoms with Gasteiger partial charge in [-0.25, -0.2) is 0 Å². The number of carbonyl (C=O) groups is 1. The monoisotopic (exact) mass is 390 g/mol. The van der Waals surface area contributed by atoms with Gasteiger partial charge in [-0.05, 0) is 63.4 Å². The van der Waals surface area contributed by atoms with E-state index in [0.717, 1.165) is 37.7 Å². The molecule has 2 bridgehead atoms. The van der Waals surface area contributed by atoms with Crippen LogP contribution in [0.15, 0.2) is 23.8 Å². The van der Waals surface area contributed by atoms with Gasteiger partial charge < -0.3 is 14.6 Å². The summed E-state index contributed by atoms with van der Waals surface area (Å²) < 4.78 is 12.8. The highest BCUT2D eigenvalue weighted by atomic mass is 16.6. The summed E-state index contributed by atoms with van der Waals surface area (Å²) in [5, 5.41) is 10.7. The Bertz CT molecular complexity index is 637. The number of aliphatic hydroxyl groups is 1. The van der Waals surface area contributed by atoms with E-state index in [9.17, 15) is 9.90 Å². The number of hydrogen-bond donors (Lipinski definition) is 1. The first kappa shape index (κ1) is 21.6. The Morgan fingerprint density at radius 2 is 2.18 bits per heavy atom. The zero-order chi connectivity index (χ0) is 20.6. The number of fused-ring (bicyclic) bond motifs is 5. The normalized spacial score (nSPS) is 41.0. The summed E-state index contributed by atoms with van der Waals surface area (Å²) in [5.41, 5.74) is 1.56. The number of rotatable bonds is 4. The molecule has 0 amide bonds. The lowest BCUT2D eigenvalue weighted by atomic mass is 9.60. The van der Waals surface area contributed by atoms with Crippen molar-refractivity contribution in [2.45, 2.75) is 97.1 Å². The van der Waals surface area contributed by atoms with Crippen molar-refractivity contribution in [2.24, 2.45) is 23.7 Å². The van der Waals surface area contributed by atoms with Crippen LogP contribution in [0.3, 0.4) is 0 Å². The van der Waals surface area contributed by atoms with Crippen molar-refractivity contribution in [1.82, 2.24) is 0 Å². The van der Waals surface area contributed by atoms with Crippen LogP contribution in [-0.2, 0) is 14.3 Å². The van der Waals surface area contributed by atoms with Gasteiger partial charge in [0.25, 0.3) is 0 Å². The van der Waals surface area contributed by atoms with E-state index in [1.54, 1.807) is 0 Å². The molecule has 0 aromatic rings. The first-order valence-electron chi connectivity index (χ1n) is 11.1. The van der Waals surface area contributed by atoms with Crippen LogP contribution in [0.5, 0.6) is 0 Å². The van der Waals surface area contributed by atoms with E-state index in [4.69, 9.17) is 9.47 Å². The zero-order valence-electron chi connectivity index (χ0n) is 18.2. The number of carbonyl (C=O) groups excluding carboxylic acids is 1. The fourth-order valence-corrected chi connectivity index (χ4v) is 5.78. The molecule has 0 aromatic carbocycles. The van der Waals surface area contributed by atoms with E-state index in [2.05, 4.69) is 40.3 Å². The number of allylic oxidation sites excluding steroid dienone is 1. The Labute approximate surface area is 170 Å². The van der Waals surface area contributed by atoms with Crippen molar-refractivity contribution in [1.29, 1.82) is 0 Å². The maximum absolute atomic E-state index is 12.5. The second kappa shape index (κ2) is 8.31. The summed E-state index contributed by atoms with van der Waals surface area (Å²) in [6.07, 6.45) is 6.08. The summed E-state index contributed by atoms with van der Waals surface area (Å²) in [4.78, 5) is 12.5. The van der Waals surface area contributed by atoms with Gasteiger partial charge in [-0.2, -0.15) is 0 Å². The maximum Gasteiger partial charge on any atom is 0.306 e. The van der Waals surface area contributed by atoms with Crippen LogP contribution < -0.4 is 0 Å². The highest BCUT2D eigenvalue weighted by Crippen LogP contribution is 2.55. The second-order valence-electron chi connectivity index (χ2n) is 9.76. The fourth-order valence-electron chi connectivity index (χ4n) is 5.78. The van der Waals surface area contributed by atoms with Crippen LogP contribution in [0.1, 0.15) is 73.1 Å². The molecule has 1 saturated heterocycles. The van der Waals surface area contributed by atoms with Gasteiger partial charge in [-0.3, -0.25) is 4.79 Å². The number of aliphatic hydroxyl groups excluding tert-OH is 1. The third-order valence-corrected chi connectivity index (χ3v) is 7.25. The van der Waals surface area contributed by atoms with E-state index in [0.29, 0.717) is 18.3 Å². The first-order valence-corrected chi connectivity index (χ1v) is 11.1. The second-order valence-corrected chi connectivity index (χ2v) is 9.76. The van der Waals surface area contributed by atoms with Crippen LogP contribution >= 0.6 is 0 Å². The van der Waals surface area contributed by atoms with Gasteiger partial charge in [0.1, 0.15) is 11.7 Å². The molecule has 1 aliphatic carbocycles. The van der Waals surface area contributed by atoms with Crippen LogP contribution in [0.2, 0.25) is 0 Å². The predicted octanol–water partition coefficient (Wildman–Crippen LogP) is 4.81. The highest BCUT2D eigenvalue weighted by Gasteiger charge is 2.59. The molecule has 28 heavy (non-hydrogen) atoms. The molecule has 7 unspecified atom stereocenters. The first-order chi connectivity index (χ1) is 13.2. The fraction of sp³-hybridized carbons (Fsp3) is 0.792. The Hall–Kier alpha value is -1.13. The lowest BCUT2D eigenvalue weighted by Crippen LogP contribution is -2.52. The molecule has 0 aromatic heterocycles. The van der Waals surface area contributed by atoms with E-state index >= 15 is 0 Å². The minimum absolute atomic E-state index is 0.00254. The van der Waals surface area contributed by atoms with Gasteiger partial charge in [0.2, 0.25) is 0 Å². The minimum atomic E-state index is -0.652. The Morgan fingerprint density at radius 1 is 1.46 bits per heavy atom. The number of esters is 1. The molecule has 1 N–H and O–H groups in total. The quantitative estimate of drug-likeness (QED) is 0.553. The third kappa shape index (κ3) is 3.95. The Kier molecular flexibility index (Phi) is 6.41. The number of hydrogen-bond acceptors (Lipinski definition) is 4. The Morgan fingerprint density at radius 3 is 2.82 bits per heavy atom. The van der Waals surface area contributed by atoms with E-state index in [-0.39, 0.29) is 30.0 Å². The van der Waals surface area contributed by atoms with Crippen LogP contribution in [0.4, 0.5) is 0 Å². The van der Waals surface area contributed by atoms with Crippen molar-refractivity contribution in [2.75, 3.05) is 0 Å². The molecular weight excluding hydrogens is 352 g/mol. The molecule has 2 heterocycles. The average Bonchev–Trinajstić information content (AvgIpc) is 2.99. The van der Waals surface area contributed by atoms with Gasteiger partial charge in [0, 0.05) is 18.3 Å². The molecule has 1 saturated carbocycles. The topological polar surface area (TPSA) is 55.8 Å². The molecule has 2 aliphatic heterocycles. The lowest BCUT2D eigenvalue weighted by molar-refractivity contribution is -0.181. The molecule has 0 radical (unpaired) electrons. The summed E-state index contributed by atoms with van der Waals surface area (Å²) in [6.45, 7) is 14.9. The molecule has 7 atom stereocenters. The molecule has 4 nitrogen and oxygen atoms in total. The Balaban J connectivity index is 2.03. The summed E-state index contributed by atoms with van der Waals surface area (Å²) >= 11 is 0. The molecular formula is C24H38O4. The van der Waals surface area contributed by atoms with Crippen LogP contribution in [0, 0.1) is 23.7 Å². The molecule has 3 rings (SSSR count). The third-order valence-electron chi connectivity index (χ3n) is 7.25. The van der Waals surface area contributed by atoms with Crippen molar-refractivity contribution in [3.05, 3.63) is 23.8 Å². The van der Waals surface area contributed by atoms with Gasteiger partial charge in [0.15, 0.2) is 0 Å². The average molecular weight is 391 g/mol. The molecule has 4 heteroatoms. The van der Waals surface area contributed by atoms with Gasteiger partial charge in [-0.15, -0.1) is 0 Å². The van der Waals surface area contributed by atoms with Gasteiger partial charge in [0.05, 0.1) is 12.2 Å². The van der Waals surface area contributed by atoms with E-state index in [1.807, 2.05) is 6.92 Å². The van der Waals surface area contributed by atoms with E-state index in [1.165, 1.54) is 5.57 Å². The standard InChI is InChI=1S/C24H38O4/c1-7-9-20(26)28-24(6)11-8-10-15(4)12-19-21-16(5)18(25)13-17(14(2)3)22(21)23(24)27-19/h10,14,17-19,21-23,25H,5,7-9,11-13H2,1-4,6H3. The smallest absolute Gasteiger partial charge is 0.306 e. The van der Waals surface area contributed by atoms with Crippen LogP contribution in [0.25, 0.3) is 0 Å².